The van der Waals surface area contributed by atoms with Crippen LogP contribution in [0.5, 0.6) is 0 Å². The van der Waals surface area contributed by atoms with Gasteiger partial charge in [0.05, 0.1) is 17.4 Å². The highest BCUT2D eigenvalue weighted by molar-refractivity contribution is 14.1. The van der Waals surface area contributed by atoms with Gasteiger partial charge in [-0.1, -0.05) is 23.9 Å². The maximum absolute atomic E-state index is 4.65. The van der Waals surface area contributed by atoms with Crippen LogP contribution in [0.3, 0.4) is 0 Å². The van der Waals surface area contributed by atoms with E-state index in [-0.39, 0.29) is 0 Å². The molecule has 90 valence electrons. The van der Waals surface area contributed by atoms with E-state index in [4.69, 9.17) is 0 Å². The van der Waals surface area contributed by atoms with Gasteiger partial charge in [-0.3, -0.25) is 0 Å². The molecule has 3 rings (SSSR count). The highest BCUT2D eigenvalue weighted by Gasteiger charge is 2.07. The second-order valence-electron chi connectivity index (χ2n) is 3.80. The Morgan fingerprint density at radius 2 is 1.94 bits per heavy atom. The first kappa shape index (κ1) is 12.0. The third-order valence-electron chi connectivity index (χ3n) is 2.68. The standard InChI is InChI=1S/C13H10IN3S/c1-18-13-16-12(8-11-6-7-15-17(11)13)9-2-4-10(14)5-3-9/h2-8H,1H3. The first-order valence-electron chi connectivity index (χ1n) is 5.42. The summed E-state index contributed by atoms with van der Waals surface area (Å²) in [6, 6.07) is 12.4. The molecule has 2 aromatic heterocycles. The van der Waals surface area contributed by atoms with Crippen molar-refractivity contribution >= 4 is 39.9 Å². The minimum absolute atomic E-state index is 0.908. The van der Waals surface area contributed by atoms with Gasteiger partial charge in [-0.05, 0) is 53.1 Å². The van der Waals surface area contributed by atoms with Crippen LogP contribution in [0.1, 0.15) is 0 Å². The van der Waals surface area contributed by atoms with Crippen molar-refractivity contribution < 1.29 is 0 Å². The molecule has 0 fully saturated rings. The molecule has 0 aliphatic heterocycles. The summed E-state index contributed by atoms with van der Waals surface area (Å²) in [5, 5.41) is 5.18. The minimum Gasteiger partial charge on any atom is -0.222 e. The summed E-state index contributed by atoms with van der Waals surface area (Å²) < 4.78 is 3.09. The second-order valence-corrected chi connectivity index (χ2v) is 5.82. The van der Waals surface area contributed by atoms with Gasteiger partial charge < -0.3 is 0 Å². The maximum Gasteiger partial charge on any atom is 0.189 e. The fourth-order valence-corrected chi connectivity index (χ4v) is 2.68. The fraction of sp³-hybridized carbons (Fsp3) is 0.0769. The Bertz CT molecular complexity index is 691. The maximum atomic E-state index is 4.65. The zero-order valence-electron chi connectivity index (χ0n) is 9.67. The summed E-state index contributed by atoms with van der Waals surface area (Å²) in [7, 11) is 0. The number of hydrogen-bond donors (Lipinski definition) is 0. The highest BCUT2D eigenvalue weighted by Crippen LogP contribution is 2.23. The predicted molar refractivity (Wildman–Crippen MR) is 82.9 cm³/mol. The summed E-state index contributed by atoms with van der Waals surface area (Å²) >= 11 is 3.91. The molecule has 0 bridgehead atoms. The molecule has 5 heteroatoms. The third-order valence-corrected chi connectivity index (χ3v) is 4.02. The van der Waals surface area contributed by atoms with Crippen LogP contribution in [0.25, 0.3) is 16.8 Å². The zero-order valence-corrected chi connectivity index (χ0v) is 12.6. The van der Waals surface area contributed by atoms with Crippen LogP contribution >= 0.6 is 34.4 Å². The number of halogens is 1. The Labute approximate surface area is 123 Å². The molecule has 3 aromatic rings. The van der Waals surface area contributed by atoms with Crippen LogP contribution in [0.4, 0.5) is 0 Å². The minimum atomic E-state index is 0.908. The Kier molecular flexibility index (Phi) is 3.25. The number of rotatable bonds is 2. The number of benzene rings is 1. The lowest BCUT2D eigenvalue weighted by Crippen LogP contribution is -1.97. The summed E-state index contributed by atoms with van der Waals surface area (Å²) in [6.07, 6.45) is 3.82. The third kappa shape index (κ3) is 2.12. The van der Waals surface area contributed by atoms with Gasteiger partial charge in [0, 0.05) is 9.13 Å². The number of hydrogen-bond acceptors (Lipinski definition) is 3. The molecule has 0 aliphatic carbocycles. The molecular formula is C13H10IN3S. The number of fused-ring (bicyclic) bond motifs is 1. The summed E-state index contributed by atoms with van der Waals surface area (Å²) in [5.74, 6) is 0. The van der Waals surface area contributed by atoms with Crippen LogP contribution < -0.4 is 0 Å². The zero-order chi connectivity index (χ0) is 12.5. The van der Waals surface area contributed by atoms with E-state index in [0.717, 1.165) is 21.9 Å². The lowest BCUT2D eigenvalue weighted by atomic mass is 10.1. The van der Waals surface area contributed by atoms with E-state index < -0.39 is 0 Å². The van der Waals surface area contributed by atoms with Crippen molar-refractivity contribution in [2.75, 3.05) is 6.26 Å². The quantitative estimate of drug-likeness (QED) is 0.393. The molecule has 18 heavy (non-hydrogen) atoms. The molecule has 0 saturated carbocycles. The molecule has 0 amide bonds. The normalized spacial score (nSPS) is 11.0. The van der Waals surface area contributed by atoms with Crippen LogP contribution in [-0.4, -0.2) is 20.9 Å². The van der Waals surface area contributed by atoms with Crippen molar-refractivity contribution in [2.45, 2.75) is 5.16 Å². The molecule has 0 saturated heterocycles. The molecular weight excluding hydrogens is 357 g/mol. The predicted octanol–water partition coefficient (Wildman–Crippen LogP) is 3.72. The van der Waals surface area contributed by atoms with Gasteiger partial charge in [0.25, 0.3) is 0 Å². The van der Waals surface area contributed by atoms with Crippen LogP contribution in [0.2, 0.25) is 0 Å². The smallest absolute Gasteiger partial charge is 0.189 e. The monoisotopic (exact) mass is 367 g/mol. The lowest BCUT2D eigenvalue weighted by molar-refractivity contribution is 0.799. The second kappa shape index (κ2) is 4.89. The highest BCUT2D eigenvalue weighted by atomic mass is 127. The van der Waals surface area contributed by atoms with Gasteiger partial charge in [0.2, 0.25) is 0 Å². The average molecular weight is 367 g/mol. The van der Waals surface area contributed by atoms with Crippen molar-refractivity contribution in [1.29, 1.82) is 0 Å². The molecule has 0 aliphatic rings. The van der Waals surface area contributed by atoms with E-state index in [1.807, 2.05) is 16.8 Å². The van der Waals surface area contributed by atoms with E-state index in [1.54, 1.807) is 18.0 Å². The van der Waals surface area contributed by atoms with Gasteiger partial charge in [0.1, 0.15) is 0 Å². The van der Waals surface area contributed by atoms with Crippen molar-refractivity contribution in [3.63, 3.8) is 0 Å². The molecule has 3 nitrogen and oxygen atoms in total. The van der Waals surface area contributed by atoms with E-state index in [9.17, 15) is 0 Å². The molecule has 0 N–H and O–H groups in total. The summed E-state index contributed by atoms with van der Waals surface area (Å²) in [5.41, 5.74) is 3.20. The van der Waals surface area contributed by atoms with Gasteiger partial charge in [0.15, 0.2) is 5.16 Å². The van der Waals surface area contributed by atoms with Gasteiger partial charge in [-0.25, -0.2) is 9.50 Å². The van der Waals surface area contributed by atoms with Crippen LogP contribution in [-0.2, 0) is 0 Å². The van der Waals surface area contributed by atoms with E-state index in [1.165, 1.54) is 3.57 Å². The van der Waals surface area contributed by atoms with E-state index >= 15 is 0 Å². The van der Waals surface area contributed by atoms with Gasteiger partial charge >= 0.3 is 0 Å². The molecule has 1 aromatic carbocycles. The molecule has 0 atom stereocenters. The van der Waals surface area contributed by atoms with Crippen molar-refractivity contribution in [2.24, 2.45) is 0 Å². The molecule has 0 spiro atoms. The fourth-order valence-electron chi connectivity index (χ4n) is 1.81. The SMILES string of the molecule is CSc1nc(-c2ccc(I)cc2)cc2ccnn12. The van der Waals surface area contributed by atoms with Gasteiger partial charge in [-0.2, -0.15) is 5.10 Å². The summed E-state index contributed by atoms with van der Waals surface area (Å²) in [4.78, 5) is 4.65. The Hall–Kier alpha value is -1.08. The molecule has 0 unspecified atom stereocenters. The van der Waals surface area contributed by atoms with E-state index in [2.05, 4.69) is 63.0 Å². The molecule has 0 radical (unpaired) electrons. The Morgan fingerprint density at radius 1 is 1.17 bits per heavy atom. The molecule has 2 heterocycles. The van der Waals surface area contributed by atoms with E-state index in [0.29, 0.717) is 0 Å². The first-order valence-corrected chi connectivity index (χ1v) is 7.73. The first-order chi connectivity index (χ1) is 8.78. The number of thioether (sulfide) groups is 1. The lowest BCUT2D eigenvalue weighted by Gasteiger charge is -2.06. The number of nitrogens with zero attached hydrogens (tertiary/aromatic N) is 3. The van der Waals surface area contributed by atoms with Crippen LogP contribution in [0, 0.1) is 3.57 Å². The Balaban J connectivity index is 2.19. The largest absolute Gasteiger partial charge is 0.222 e. The van der Waals surface area contributed by atoms with Crippen LogP contribution in [0.15, 0.2) is 47.8 Å². The summed E-state index contributed by atoms with van der Waals surface area (Å²) in [6.45, 7) is 0. The number of aromatic nitrogens is 3. The van der Waals surface area contributed by atoms with Crippen molar-refractivity contribution in [3.05, 3.63) is 46.2 Å². The van der Waals surface area contributed by atoms with Crippen molar-refractivity contribution in [1.82, 2.24) is 14.6 Å². The van der Waals surface area contributed by atoms with Crippen molar-refractivity contribution in [3.8, 4) is 11.3 Å². The topological polar surface area (TPSA) is 30.2 Å². The Morgan fingerprint density at radius 3 is 2.67 bits per heavy atom. The van der Waals surface area contributed by atoms with Gasteiger partial charge in [-0.15, -0.1) is 0 Å². The average Bonchev–Trinajstić information content (AvgIpc) is 2.86.